The first kappa shape index (κ1) is 16.0. The Labute approximate surface area is 114 Å². The molecule has 1 aliphatic carbocycles. The van der Waals surface area contributed by atoms with Gasteiger partial charge in [-0.1, -0.05) is 33.6 Å². The number of hydrogen-bond donors (Lipinski definition) is 1. The van der Waals surface area contributed by atoms with Gasteiger partial charge in [0, 0.05) is 12.6 Å². The molecule has 0 aromatic carbocycles. The first-order valence-corrected chi connectivity index (χ1v) is 7.92. The Morgan fingerprint density at radius 3 is 2.39 bits per heavy atom. The lowest BCUT2D eigenvalue weighted by atomic mass is 9.72. The summed E-state index contributed by atoms with van der Waals surface area (Å²) in [7, 11) is 2.11. The molecule has 1 aliphatic rings. The van der Waals surface area contributed by atoms with Gasteiger partial charge >= 0.3 is 0 Å². The number of likely N-dealkylation sites (N-methyl/N-ethyl adjacent to an activating group) is 1. The molecule has 0 heterocycles. The molecule has 18 heavy (non-hydrogen) atoms. The van der Waals surface area contributed by atoms with E-state index in [1.54, 1.807) is 0 Å². The van der Waals surface area contributed by atoms with E-state index in [2.05, 4.69) is 40.1 Å². The molecule has 0 aromatic rings. The van der Waals surface area contributed by atoms with Crippen LogP contribution in [0.3, 0.4) is 0 Å². The second-order valence-electron chi connectivity index (χ2n) is 6.12. The third kappa shape index (κ3) is 4.24. The van der Waals surface area contributed by atoms with Crippen LogP contribution in [0.25, 0.3) is 0 Å². The molecule has 0 aromatic heterocycles. The average molecular weight is 255 g/mol. The molecule has 1 fully saturated rings. The molecule has 0 bridgehead atoms. The highest BCUT2D eigenvalue weighted by Gasteiger charge is 2.33. The summed E-state index contributed by atoms with van der Waals surface area (Å²) in [6.45, 7) is 10.0. The summed E-state index contributed by atoms with van der Waals surface area (Å²) in [5.74, 6) is 2.56. The summed E-state index contributed by atoms with van der Waals surface area (Å²) >= 11 is 0. The van der Waals surface area contributed by atoms with E-state index in [0.717, 1.165) is 24.4 Å². The number of ether oxygens (including phenoxy) is 1. The van der Waals surface area contributed by atoms with E-state index in [1.807, 2.05) is 0 Å². The molecule has 0 radical (unpaired) electrons. The zero-order valence-electron chi connectivity index (χ0n) is 13.0. The van der Waals surface area contributed by atoms with Gasteiger partial charge in [-0.15, -0.1) is 0 Å². The van der Waals surface area contributed by atoms with Crippen LogP contribution in [0.2, 0.25) is 0 Å². The van der Waals surface area contributed by atoms with Crippen molar-refractivity contribution in [3.8, 4) is 0 Å². The fraction of sp³-hybridized carbons (Fsp3) is 1.00. The van der Waals surface area contributed by atoms with E-state index in [1.165, 1.54) is 32.1 Å². The molecule has 1 saturated carbocycles. The van der Waals surface area contributed by atoms with Crippen molar-refractivity contribution < 1.29 is 4.74 Å². The molecular formula is C16H33NO. The predicted octanol–water partition coefficient (Wildman–Crippen LogP) is 3.85. The van der Waals surface area contributed by atoms with Gasteiger partial charge in [0.1, 0.15) is 0 Å². The molecule has 0 amide bonds. The second-order valence-corrected chi connectivity index (χ2v) is 6.12. The van der Waals surface area contributed by atoms with Crippen molar-refractivity contribution in [1.29, 1.82) is 0 Å². The monoisotopic (exact) mass is 255 g/mol. The second kappa shape index (κ2) is 8.16. The van der Waals surface area contributed by atoms with Gasteiger partial charge in [-0.3, -0.25) is 0 Å². The zero-order valence-corrected chi connectivity index (χ0v) is 13.0. The molecule has 0 aliphatic heterocycles. The SMILES string of the molecule is CCCC(OCC)C(NC)C1CCC(C)C(C)C1. The van der Waals surface area contributed by atoms with Crippen molar-refractivity contribution in [2.24, 2.45) is 17.8 Å². The van der Waals surface area contributed by atoms with Gasteiger partial charge in [0.25, 0.3) is 0 Å². The van der Waals surface area contributed by atoms with Crippen LogP contribution in [0.15, 0.2) is 0 Å². The van der Waals surface area contributed by atoms with E-state index < -0.39 is 0 Å². The molecule has 0 spiro atoms. The summed E-state index contributed by atoms with van der Waals surface area (Å²) < 4.78 is 5.99. The van der Waals surface area contributed by atoms with E-state index in [4.69, 9.17) is 4.74 Å². The highest BCUT2D eigenvalue weighted by atomic mass is 16.5. The van der Waals surface area contributed by atoms with Crippen molar-refractivity contribution in [2.45, 2.75) is 71.9 Å². The van der Waals surface area contributed by atoms with Gasteiger partial charge in [0.05, 0.1) is 6.10 Å². The highest BCUT2D eigenvalue weighted by molar-refractivity contribution is 4.88. The zero-order chi connectivity index (χ0) is 13.5. The maximum Gasteiger partial charge on any atom is 0.0730 e. The van der Waals surface area contributed by atoms with Crippen LogP contribution in [0, 0.1) is 17.8 Å². The van der Waals surface area contributed by atoms with E-state index in [9.17, 15) is 0 Å². The molecular weight excluding hydrogens is 222 g/mol. The van der Waals surface area contributed by atoms with Crippen LogP contribution in [0.1, 0.15) is 59.8 Å². The van der Waals surface area contributed by atoms with Crippen molar-refractivity contribution >= 4 is 0 Å². The smallest absolute Gasteiger partial charge is 0.0730 e. The normalized spacial score (nSPS) is 32.2. The number of hydrogen-bond acceptors (Lipinski definition) is 2. The Kier molecular flexibility index (Phi) is 7.25. The van der Waals surface area contributed by atoms with Crippen LogP contribution >= 0.6 is 0 Å². The summed E-state index contributed by atoms with van der Waals surface area (Å²) in [6.07, 6.45) is 6.90. The molecule has 5 atom stereocenters. The number of rotatable bonds is 7. The molecule has 1 rings (SSSR count). The third-order valence-electron chi connectivity index (χ3n) is 4.83. The van der Waals surface area contributed by atoms with Gasteiger partial charge in [-0.25, -0.2) is 0 Å². The fourth-order valence-electron chi connectivity index (χ4n) is 3.51. The third-order valence-corrected chi connectivity index (χ3v) is 4.83. The van der Waals surface area contributed by atoms with Gasteiger partial charge < -0.3 is 10.1 Å². The molecule has 1 N–H and O–H groups in total. The van der Waals surface area contributed by atoms with Crippen LogP contribution < -0.4 is 5.32 Å². The quantitative estimate of drug-likeness (QED) is 0.746. The molecule has 108 valence electrons. The Morgan fingerprint density at radius 1 is 1.17 bits per heavy atom. The Bertz CT molecular complexity index is 213. The van der Waals surface area contributed by atoms with Gasteiger partial charge in [0.15, 0.2) is 0 Å². The minimum atomic E-state index is 0.399. The van der Waals surface area contributed by atoms with Crippen molar-refractivity contribution in [1.82, 2.24) is 5.32 Å². The first-order chi connectivity index (χ1) is 8.63. The fourth-order valence-corrected chi connectivity index (χ4v) is 3.51. The van der Waals surface area contributed by atoms with Crippen LogP contribution in [-0.4, -0.2) is 25.8 Å². The highest BCUT2D eigenvalue weighted by Crippen LogP contribution is 2.36. The van der Waals surface area contributed by atoms with E-state index >= 15 is 0 Å². The summed E-state index contributed by atoms with van der Waals surface area (Å²) in [4.78, 5) is 0. The van der Waals surface area contributed by atoms with Crippen LogP contribution in [-0.2, 0) is 4.74 Å². The minimum Gasteiger partial charge on any atom is -0.377 e. The van der Waals surface area contributed by atoms with Crippen LogP contribution in [0.4, 0.5) is 0 Å². The lowest BCUT2D eigenvalue weighted by Crippen LogP contribution is -2.47. The van der Waals surface area contributed by atoms with Gasteiger partial charge in [-0.05, 0) is 51.0 Å². The first-order valence-electron chi connectivity index (χ1n) is 7.92. The number of nitrogens with one attached hydrogen (secondary N) is 1. The summed E-state index contributed by atoms with van der Waals surface area (Å²) in [5, 5.41) is 3.55. The van der Waals surface area contributed by atoms with Gasteiger partial charge in [-0.2, -0.15) is 0 Å². The van der Waals surface area contributed by atoms with Crippen molar-refractivity contribution in [3.05, 3.63) is 0 Å². The maximum absolute atomic E-state index is 5.99. The lowest BCUT2D eigenvalue weighted by molar-refractivity contribution is 0.00128. The largest absolute Gasteiger partial charge is 0.377 e. The molecule has 2 heteroatoms. The van der Waals surface area contributed by atoms with E-state index in [-0.39, 0.29) is 0 Å². The Morgan fingerprint density at radius 2 is 1.89 bits per heavy atom. The molecule has 5 unspecified atom stereocenters. The molecule has 2 nitrogen and oxygen atoms in total. The Hall–Kier alpha value is -0.0800. The van der Waals surface area contributed by atoms with Crippen LogP contribution in [0.5, 0.6) is 0 Å². The van der Waals surface area contributed by atoms with Gasteiger partial charge in [0.2, 0.25) is 0 Å². The Balaban J connectivity index is 2.62. The van der Waals surface area contributed by atoms with E-state index in [0.29, 0.717) is 12.1 Å². The standard InChI is InChI=1S/C16H33NO/c1-6-8-15(18-7-2)16(17-5)14-10-9-12(3)13(4)11-14/h12-17H,6-11H2,1-5H3. The topological polar surface area (TPSA) is 21.3 Å². The minimum absolute atomic E-state index is 0.399. The van der Waals surface area contributed by atoms with Crippen molar-refractivity contribution in [3.63, 3.8) is 0 Å². The van der Waals surface area contributed by atoms with Crippen molar-refractivity contribution in [2.75, 3.05) is 13.7 Å². The lowest BCUT2D eigenvalue weighted by Gasteiger charge is -2.39. The average Bonchev–Trinajstić information content (AvgIpc) is 2.35. The predicted molar refractivity (Wildman–Crippen MR) is 78.8 cm³/mol. The summed E-state index contributed by atoms with van der Waals surface area (Å²) in [5.41, 5.74) is 0. The summed E-state index contributed by atoms with van der Waals surface area (Å²) in [6, 6.07) is 0.542. The maximum atomic E-state index is 5.99. The molecule has 0 saturated heterocycles.